The highest BCUT2D eigenvalue weighted by Gasteiger charge is 2.34. The Labute approximate surface area is 241 Å². The lowest BCUT2D eigenvalue weighted by Crippen LogP contribution is -2.55. The van der Waals surface area contributed by atoms with Gasteiger partial charge in [0.05, 0.1) is 10.6 Å². The number of carbonyl (C=O) groups excluding carboxylic acids is 2. The molecule has 40 heavy (non-hydrogen) atoms. The number of rotatable bonds is 10. The lowest BCUT2D eigenvalue weighted by molar-refractivity contribution is -0.141. The standard InChI is InChI=1S/C30H35ClFN3O4S/c1-6-27(29(37)33-30(3,4)5)34(19-22-9-7-8-10-26(22)31)28(36)20-35(24-15-13-23(32)14-16-24)40(38,39)25-17-11-21(2)12-18-25/h7-18,27H,6,19-20H2,1-5H3,(H,33,37)/t27-/m1/s1. The average molecular weight is 588 g/mol. The van der Waals surface area contributed by atoms with E-state index >= 15 is 0 Å². The topological polar surface area (TPSA) is 86.8 Å². The van der Waals surface area contributed by atoms with Crippen molar-refractivity contribution < 1.29 is 22.4 Å². The third kappa shape index (κ3) is 7.82. The molecule has 0 saturated carbocycles. The molecule has 0 spiro atoms. The van der Waals surface area contributed by atoms with E-state index in [2.05, 4.69) is 5.32 Å². The molecular weight excluding hydrogens is 553 g/mol. The molecule has 0 fully saturated rings. The first kappa shape index (κ1) is 31.1. The Morgan fingerprint density at radius 3 is 2.12 bits per heavy atom. The summed E-state index contributed by atoms with van der Waals surface area (Å²) in [6.07, 6.45) is 0.277. The Bertz CT molecular complexity index is 1440. The van der Waals surface area contributed by atoms with Gasteiger partial charge in [-0.1, -0.05) is 54.4 Å². The zero-order valence-corrected chi connectivity index (χ0v) is 24.9. The normalized spacial score (nSPS) is 12.5. The molecule has 0 heterocycles. The average Bonchev–Trinajstić information content (AvgIpc) is 2.88. The number of aryl methyl sites for hydroxylation is 1. The van der Waals surface area contributed by atoms with Crippen molar-refractivity contribution in [1.82, 2.24) is 10.2 Å². The lowest BCUT2D eigenvalue weighted by atomic mass is 10.1. The SMILES string of the molecule is CC[C@H](C(=O)NC(C)(C)C)N(Cc1ccccc1Cl)C(=O)CN(c1ccc(F)cc1)S(=O)(=O)c1ccc(C)cc1. The van der Waals surface area contributed by atoms with Gasteiger partial charge in [-0.05, 0) is 82.1 Å². The molecule has 0 radical (unpaired) electrons. The molecule has 0 aliphatic rings. The van der Waals surface area contributed by atoms with E-state index < -0.39 is 39.9 Å². The van der Waals surface area contributed by atoms with E-state index in [1.54, 1.807) is 43.3 Å². The fourth-order valence-electron chi connectivity index (χ4n) is 4.16. The first-order valence-electron chi connectivity index (χ1n) is 12.9. The van der Waals surface area contributed by atoms with Crippen molar-refractivity contribution in [3.05, 3.63) is 94.8 Å². The van der Waals surface area contributed by atoms with Crippen LogP contribution in [-0.4, -0.2) is 43.3 Å². The summed E-state index contributed by atoms with van der Waals surface area (Å²) in [6, 6.07) is 17.1. The summed E-state index contributed by atoms with van der Waals surface area (Å²) in [4.78, 5) is 28.7. The number of amides is 2. The molecule has 0 bridgehead atoms. The van der Waals surface area contributed by atoms with Gasteiger partial charge in [0.25, 0.3) is 10.0 Å². The van der Waals surface area contributed by atoms with Crippen molar-refractivity contribution in [2.24, 2.45) is 0 Å². The third-order valence-electron chi connectivity index (χ3n) is 6.19. The monoisotopic (exact) mass is 587 g/mol. The number of nitrogens with zero attached hydrogens (tertiary/aromatic N) is 2. The van der Waals surface area contributed by atoms with Gasteiger partial charge in [-0.15, -0.1) is 0 Å². The molecule has 1 atom stereocenters. The molecule has 1 N–H and O–H groups in total. The minimum Gasteiger partial charge on any atom is -0.350 e. The molecule has 7 nitrogen and oxygen atoms in total. The lowest BCUT2D eigenvalue weighted by Gasteiger charge is -2.35. The van der Waals surface area contributed by atoms with Gasteiger partial charge in [-0.3, -0.25) is 13.9 Å². The van der Waals surface area contributed by atoms with Crippen molar-refractivity contribution in [3.63, 3.8) is 0 Å². The van der Waals surface area contributed by atoms with E-state index in [-0.39, 0.29) is 29.5 Å². The van der Waals surface area contributed by atoms with Gasteiger partial charge >= 0.3 is 0 Å². The fraction of sp³-hybridized carbons (Fsp3) is 0.333. The Hall–Kier alpha value is -3.43. The van der Waals surface area contributed by atoms with E-state index in [0.717, 1.165) is 22.0 Å². The second kappa shape index (κ2) is 12.8. The highest BCUT2D eigenvalue weighted by Crippen LogP contribution is 2.26. The van der Waals surface area contributed by atoms with Crippen LogP contribution in [0.2, 0.25) is 5.02 Å². The maximum atomic E-state index is 14.0. The van der Waals surface area contributed by atoms with Crippen molar-refractivity contribution in [2.75, 3.05) is 10.8 Å². The van der Waals surface area contributed by atoms with Crippen LogP contribution in [0.5, 0.6) is 0 Å². The van der Waals surface area contributed by atoms with E-state index in [1.165, 1.54) is 29.2 Å². The van der Waals surface area contributed by atoms with Crippen LogP contribution in [0.4, 0.5) is 10.1 Å². The van der Waals surface area contributed by atoms with Crippen LogP contribution in [0.3, 0.4) is 0 Å². The minimum absolute atomic E-state index is 0.0174. The molecule has 3 rings (SSSR count). The zero-order chi connectivity index (χ0) is 29.7. The third-order valence-corrected chi connectivity index (χ3v) is 8.34. The number of hydrogen-bond donors (Lipinski definition) is 1. The number of halogens is 2. The number of benzene rings is 3. The molecule has 10 heteroatoms. The van der Waals surface area contributed by atoms with Crippen molar-refractivity contribution in [1.29, 1.82) is 0 Å². The quantitative estimate of drug-likeness (QED) is 0.329. The second-order valence-corrected chi connectivity index (χ2v) is 12.8. The van der Waals surface area contributed by atoms with E-state index in [0.29, 0.717) is 10.6 Å². The fourth-order valence-corrected chi connectivity index (χ4v) is 5.77. The predicted octanol–water partition coefficient (Wildman–Crippen LogP) is 5.70. The molecule has 2 amide bonds. The summed E-state index contributed by atoms with van der Waals surface area (Å²) in [5.74, 6) is -1.53. The van der Waals surface area contributed by atoms with E-state index in [4.69, 9.17) is 11.6 Å². The van der Waals surface area contributed by atoms with E-state index in [9.17, 15) is 22.4 Å². The van der Waals surface area contributed by atoms with Gasteiger partial charge in [-0.25, -0.2) is 12.8 Å². The van der Waals surface area contributed by atoms with Gasteiger partial charge in [0, 0.05) is 17.1 Å². The highest BCUT2D eigenvalue weighted by molar-refractivity contribution is 7.92. The Kier molecular flexibility index (Phi) is 9.97. The van der Waals surface area contributed by atoms with Gasteiger partial charge < -0.3 is 10.2 Å². The van der Waals surface area contributed by atoms with Crippen LogP contribution < -0.4 is 9.62 Å². The molecule has 3 aromatic carbocycles. The largest absolute Gasteiger partial charge is 0.350 e. The molecule has 0 aliphatic heterocycles. The summed E-state index contributed by atoms with van der Waals surface area (Å²) in [5, 5.41) is 3.33. The molecule has 0 unspecified atom stereocenters. The summed E-state index contributed by atoms with van der Waals surface area (Å²) in [5.41, 5.74) is 1.03. The molecule has 0 saturated heterocycles. The van der Waals surface area contributed by atoms with Crippen LogP contribution in [-0.2, 0) is 26.2 Å². The van der Waals surface area contributed by atoms with E-state index in [1.807, 2.05) is 27.7 Å². The van der Waals surface area contributed by atoms with Crippen molar-refractivity contribution >= 4 is 39.1 Å². The predicted molar refractivity (Wildman–Crippen MR) is 156 cm³/mol. The number of anilines is 1. The minimum atomic E-state index is -4.24. The van der Waals surface area contributed by atoms with Crippen molar-refractivity contribution in [2.45, 2.75) is 64.1 Å². The van der Waals surface area contributed by atoms with Crippen LogP contribution in [0.25, 0.3) is 0 Å². The number of hydrogen-bond acceptors (Lipinski definition) is 4. The molecule has 0 aliphatic carbocycles. The number of sulfonamides is 1. The molecular formula is C30H35ClFN3O4S. The maximum Gasteiger partial charge on any atom is 0.264 e. The van der Waals surface area contributed by atoms with Crippen LogP contribution in [0, 0.1) is 12.7 Å². The summed E-state index contributed by atoms with van der Waals surface area (Å²) >= 11 is 6.41. The highest BCUT2D eigenvalue weighted by atomic mass is 35.5. The molecule has 0 aromatic heterocycles. The van der Waals surface area contributed by atoms with Gasteiger partial charge in [0.1, 0.15) is 18.4 Å². The van der Waals surface area contributed by atoms with Gasteiger partial charge in [0.2, 0.25) is 11.8 Å². The first-order chi connectivity index (χ1) is 18.7. The number of carbonyl (C=O) groups is 2. The number of nitrogens with one attached hydrogen (secondary N) is 1. The summed E-state index contributed by atoms with van der Waals surface area (Å²) in [7, 11) is -4.24. The second-order valence-electron chi connectivity index (χ2n) is 10.6. The van der Waals surface area contributed by atoms with Crippen LogP contribution in [0.1, 0.15) is 45.2 Å². The Balaban J connectivity index is 2.08. The zero-order valence-electron chi connectivity index (χ0n) is 23.3. The molecule has 214 valence electrons. The van der Waals surface area contributed by atoms with Crippen LogP contribution >= 0.6 is 11.6 Å². The first-order valence-corrected chi connectivity index (χ1v) is 14.7. The smallest absolute Gasteiger partial charge is 0.264 e. The Morgan fingerprint density at radius 2 is 1.57 bits per heavy atom. The maximum absolute atomic E-state index is 14.0. The Morgan fingerprint density at radius 1 is 0.975 bits per heavy atom. The van der Waals surface area contributed by atoms with Crippen molar-refractivity contribution in [3.8, 4) is 0 Å². The van der Waals surface area contributed by atoms with Gasteiger partial charge in [0.15, 0.2) is 0 Å². The summed E-state index contributed by atoms with van der Waals surface area (Å²) < 4.78 is 42.3. The van der Waals surface area contributed by atoms with Crippen LogP contribution in [0.15, 0.2) is 77.7 Å². The summed E-state index contributed by atoms with van der Waals surface area (Å²) in [6.45, 7) is 8.48. The van der Waals surface area contributed by atoms with Gasteiger partial charge in [-0.2, -0.15) is 0 Å². The molecule has 3 aromatic rings.